The molecule has 1 saturated heterocycles. The van der Waals surface area contributed by atoms with Gasteiger partial charge in [-0.1, -0.05) is 98.8 Å². The highest BCUT2D eigenvalue weighted by molar-refractivity contribution is 5.87. The van der Waals surface area contributed by atoms with Gasteiger partial charge in [0, 0.05) is 31.8 Å². The Bertz CT molecular complexity index is 1590. The molecular weight excluding hydrogens is 548 g/mol. The van der Waals surface area contributed by atoms with Crippen LogP contribution in [0, 0.1) is 5.92 Å². The first kappa shape index (κ1) is 31.6. The summed E-state index contributed by atoms with van der Waals surface area (Å²) < 4.78 is 0. The van der Waals surface area contributed by atoms with Crippen LogP contribution in [0.15, 0.2) is 84.9 Å². The van der Waals surface area contributed by atoms with Gasteiger partial charge in [0.15, 0.2) is 0 Å². The summed E-state index contributed by atoms with van der Waals surface area (Å²) in [6, 6.07) is 26.9. The number of hydrogen-bond acceptors (Lipinski definition) is 5. The number of carbonyl (C=O) groups is 2. The molecule has 1 heterocycles. The predicted octanol–water partition coefficient (Wildman–Crippen LogP) is 4.66. The number of carbonyl (C=O) groups excluding carboxylic acids is 2. The minimum absolute atomic E-state index is 0.0204. The molecular formula is C37H46N4O3. The molecule has 0 aliphatic carbocycles. The van der Waals surface area contributed by atoms with Crippen LogP contribution in [0.4, 0.5) is 0 Å². The van der Waals surface area contributed by atoms with E-state index >= 15 is 0 Å². The third-order valence-electron chi connectivity index (χ3n) is 8.87. The number of nitrogens with zero attached hydrogens (tertiary/aromatic N) is 2. The molecule has 1 aliphatic rings. The molecule has 232 valence electrons. The van der Waals surface area contributed by atoms with Crippen LogP contribution < -0.4 is 11.5 Å². The van der Waals surface area contributed by atoms with Gasteiger partial charge in [0.2, 0.25) is 11.8 Å². The number of hydrogen-bond donors (Lipinski definition) is 3. The van der Waals surface area contributed by atoms with E-state index in [0.717, 1.165) is 39.1 Å². The Labute approximate surface area is 260 Å². The van der Waals surface area contributed by atoms with Crippen LogP contribution in [0.1, 0.15) is 44.2 Å². The molecule has 0 saturated carbocycles. The van der Waals surface area contributed by atoms with E-state index in [2.05, 4.69) is 62.4 Å². The highest BCUT2D eigenvalue weighted by atomic mass is 16.3. The fourth-order valence-corrected chi connectivity index (χ4v) is 6.65. The quantitative estimate of drug-likeness (QED) is 0.234. The second-order valence-electron chi connectivity index (χ2n) is 12.8. The lowest BCUT2D eigenvalue weighted by molar-refractivity contribution is -0.149. The lowest BCUT2D eigenvalue weighted by Gasteiger charge is -2.48. The molecule has 1 fully saturated rings. The zero-order chi connectivity index (χ0) is 31.2. The van der Waals surface area contributed by atoms with Gasteiger partial charge < -0.3 is 26.4 Å². The van der Waals surface area contributed by atoms with Crippen molar-refractivity contribution in [1.29, 1.82) is 0 Å². The van der Waals surface area contributed by atoms with Gasteiger partial charge in [-0.3, -0.25) is 9.59 Å². The van der Waals surface area contributed by atoms with Gasteiger partial charge in [0.1, 0.15) is 0 Å². The Hall–Kier alpha value is -3.78. The largest absolute Gasteiger partial charge is 0.396 e. The molecule has 0 radical (unpaired) electrons. The van der Waals surface area contributed by atoms with E-state index in [0.29, 0.717) is 44.7 Å². The molecule has 2 amide bonds. The normalized spacial score (nSPS) is 18.6. The van der Waals surface area contributed by atoms with E-state index in [1.54, 1.807) is 0 Å². The standard InChI is InChI=1S/C37H46N4O3/c1-25(2)18-33-24-40(36(43)34(38)21-26-13-15-28-8-3-5-10-30(28)19-26)32(12-7-17-42)23-41(33)37(44)35(39)22-27-14-16-29-9-4-6-11-31(29)20-27/h3-6,8-11,13-16,19-20,25,32-35,42H,7,12,17-18,21-24,38-39H2,1-2H3/t32-,33+,34+,35+/m0/s1. The zero-order valence-electron chi connectivity index (χ0n) is 25.9. The molecule has 4 atom stereocenters. The topological polar surface area (TPSA) is 113 Å². The van der Waals surface area contributed by atoms with Crippen LogP contribution in [0.5, 0.6) is 0 Å². The summed E-state index contributed by atoms with van der Waals surface area (Å²) in [5.74, 6) is 0.122. The van der Waals surface area contributed by atoms with Crippen LogP contribution in [-0.2, 0) is 22.4 Å². The molecule has 0 aromatic heterocycles. The van der Waals surface area contributed by atoms with Gasteiger partial charge in [0.05, 0.1) is 12.1 Å². The van der Waals surface area contributed by atoms with Crippen LogP contribution >= 0.6 is 0 Å². The average molecular weight is 595 g/mol. The van der Waals surface area contributed by atoms with E-state index in [-0.39, 0.29) is 30.5 Å². The minimum Gasteiger partial charge on any atom is -0.396 e. The lowest BCUT2D eigenvalue weighted by atomic mass is 9.93. The van der Waals surface area contributed by atoms with Gasteiger partial charge in [-0.2, -0.15) is 0 Å². The molecule has 0 spiro atoms. The Kier molecular flexibility index (Phi) is 10.3. The van der Waals surface area contributed by atoms with Gasteiger partial charge in [-0.25, -0.2) is 0 Å². The molecule has 0 bridgehead atoms. The fraction of sp³-hybridized carbons (Fsp3) is 0.405. The van der Waals surface area contributed by atoms with Crippen molar-refractivity contribution in [2.45, 2.75) is 70.1 Å². The molecule has 44 heavy (non-hydrogen) atoms. The number of nitrogens with two attached hydrogens (primary N) is 2. The number of amides is 2. The highest BCUT2D eigenvalue weighted by Gasteiger charge is 2.40. The Balaban J connectivity index is 1.33. The summed E-state index contributed by atoms with van der Waals surface area (Å²) in [7, 11) is 0. The predicted molar refractivity (Wildman–Crippen MR) is 178 cm³/mol. The summed E-state index contributed by atoms with van der Waals surface area (Å²) >= 11 is 0. The van der Waals surface area contributed by atoms with Crippen LogP contribution in [-0.4, -0.2) is 70.6 Å². The van der Waals surface area contributed by atoms with Crippen molar-refractivity contribution in [2.75, 3.05) is 19.7 Å². The van der Waals surface area contributed by atoms with E-state index < -0.39 is 12.1 Å². The maximum atomic E-state index is 14.0. The molecule has 0 unspecified atom stereocenters. The highest BCUT2D eigenvalue weighted by Crippen LogP contribution is 2.26. The first-order valence-corrected chi connectivity index (χ1v) is 15.9. The summed E-state index contributed by atoms with van der Waals surface area (Å²) in [4.78, 5) is 31.7. The molecule has 7 heteroatoms. The maximum Gasteiger partial charge on any atom is 0.240 e. The van der Waals surface area contributed by atoms with Crippen molar-refractivity contribution in [3.8, 4) is 0 Å². The Morgan fingerprint density at radius 1 is 0.727 bits per heavy atom. The number of fused-ring (bicyclic) bond motifs is 2. The third-order valence-corrected chi connectivity index (χ3v) is 8.87. The van der Waals surface area contributed by atoms with E-state index in [1.807, 2.05) is 46.2 Å². The van der Waals surface area contributed by atoms with Gasteiger partial charge in [0.25, 0.3) is 0 Å². The second kappa shape index (κ2) is 14.3. The summed E-state index contributed by atoms with van der Waals surface area (Å²) in [6.45, 7) is 5.08. The van der Waals surface area contributed by atoms with Crippen molar-refractivity contribution in [3.05, 3.63) is 96.1 Å². The number of aliphatic hydroxyl groups excluding tert-OH is 1. The third kappa shape index (κ3) is 7.46. The monoisotopic (exact) mass is 594 g/mol. The molecule has 4 aromatic carbocycles. The van der Waals surface area contributed by atoms with E-state index in [1.165, 1.54) is 0 Å². The maximum absolute atomic E-state index is 14.0. The molecule has 7 nitrogen and oxygen atoms in total. The van der Waals surface area contributed by atoms with Gasteiger partial charge in [-0.05, 0) is 70.7 Å². The first-order valence-electron chi connectivity index (χ1n) is 15.9. The van der Waals surface area contributed by atoms with Gasteiger partial charge in [-0.15, -0.1) is 0 Å². The average Bonchev–Trinajstić information content (AvgIpc) is 3.02. The molecule has 4 aromatic rings. The SMILES string of the molecule is CC(C)C[C@@H]1CN(C(=O)[C@H](N)Cc2ccc3ccccc3c2)[C@@H](CCCO)CN1C(=O)[C@H](N)Cc1ccc2ccccc2c1. The number of aliphatic hydroxyl groups is 1. The van der Waals surface area contributed by atoms with Crippen molar-refractivity contribution < 1.29 is 14.7 Å². The van der Waals surface area contributed by atoms with Crippen LogP contribution in [0.3, 0.4) is 0 Å². The van der Waals surface area contributed by atoms with Gasteiger partial charge >= 0.3 is 0 Å². The lowest BCUT2D eigenvalue weighted by Crippen LogP contribution is -2.65. The summed E-state index contributed by atoms with van der Waals surface area (Å²) in [6.07, 6.45) is 2.75. The molecule has 1 aliphatic heterocycles. The van der Waals surface area contributed by atoms with Crippen molar-refractivity contribution in [1.82, 2.24) is 9.80 Å². The van der Waals surface area contributed by atoms with Crippen molar-refractivity contribution in [3.63, 3.8) is 0 Å². The van der Waals surface area contributed by atoms with E-state index in [9.17, 15) is 14.7 Å². The number of piperazine rings is 1. The van der Waals surface area contributed by atoms with Crippen molar-refractivity contribution >= 4 is 33.4 Å². The Morgan fingerprint density at radius 2 is 1.18 bits per heavy atom. The molecule has 5 N–H and O–H groups in total. The smallest absolute Gasteiger partial charge is 0.240 e. The fourth-order valence-electron chi connectivity index (χ4n) is 6.65. The van der Waals surface area contributed by atoms with Crippen LogP contribution in [0.25, 0.3) is 21.5 Å². The minimum atomic E-state index is -0.704. The zero-order valence-corrected chi connectivity index (χ0v) is 25.9. The summed E-state index contributed by atoms with van der Waals surface area (Å²) in [5.41, 5.74) is 15.2. The van der Waals surface area contributed by atoms with E-state index in [4.69, 9.17) is 11.5 Å². The van der Waals surface area contributed by atoms with Crippen molar-refractivity contribution in [2.24, 2.45) is 17.4 Å². The Morgan fingerprint density at radius 3 is 1.66 bits per heavy atom. The number of benzene rings is 4. The first-order chi connectivity index (χ1) is 21.2. The second-order valence-corrected chi connectivity index (χ2v) is 12.8. The summed E-state index contributed by atoms with van der Waals surface area (Å²) in [5, 5.41) is 14.2. The van der Waals surface area contributed by atoms with Crippen LogP contribution in [0.2, 0.25) is 0 Å². The molecule has 5 rings (SSSR count). The number of rotatable bonds is 11.